The molecule has 0 aliphatic heterocycles. The Kier molecular flexibility index (Phi) is 5.51. The van der Waals surface area contributed by atoms with Gasteiger partial charge in [-0.05, 0) is 43.9 Å². The summed E-state index contributed by atoms with van der Waals surface area (Å²) in [4.78, 5) is 14.8. The second kappa shape index (κ2) is 7.17. The second-order valence-corrected chi connectivity index (χ2v) is 6.37. The van der Waals surface area contributed by atoms with Gasteiger partial charge in [0.1, 0.15) is 5.75 Å². The molecule has 21 heavy (non-hydrogen) atoms. The van der Waals surface area contributed by atoms with E-state index >= 15 is 0 Å². The maximum Gasteiger partial charge on any atom is 0.227 e. The Morgan fingerprint density at radius 2 is 2.10 bits per heavy atom. The number of phenols is 1. The van der Waals surface area contributed by atoms with E-state index < -0.39 is 0 Å². The Morgan fingerprint density at radius 3 is 2.67 bits per heavy atom. The summed E-state index contributed by atoms with van der Waals surface area (Å²) in [5.41, 5.74) is 0.856. The third-order valence-electron chi connectivity index (χ3n) is 4.44. The molecule has 1 atom stereocenters. The van der Waals surface area contributed by atoms with E-state index in [1.165, 1.54) is 12.8 Å². The quantitative estimate of drug-likeness (QED) is 0.887. The van der Waals surface area contributed by atoms with E-state index in [9.17, 15) is 9.90 Å². The van der Waals surface area contributed by atoms with Gasteiger partial charge in [0.15, 0.2) is 0 Å². The van der Waals surface area contributed by atoms with Crippen LogP contribution < -0.4 is 0 Å². The fourth-order valence-electron chi connectivity index (χ4n) is 3.11. The van der Waals surface area contributed by atoms with Crippen LogP contribution in [0.4, 0.5) is 0 Å². The molecule has 2 rings (SSSR count). The number of rotatable bonds is 5. The van der Waals surface area contributed by atoms with Gasteiger partial charge in [-0.1, -0.05) is 37.4 Å². The molecular weight excluding hydrogens is 286 g/mol. The molecular formula is C17H24ClNO2. The molecule has 3 nitrogen and oxygen atoms in total. The van der Waals surface area contributed by atoms with Gasteiger partial charge in [0.25, 0.3) is 0 Å². The van der Waals surface area contributed by atoms with Gasteiger partial charge in [0, 0.05) is 12.1 Å². The molecule has 1 aromatic carbocycles. The molecule has 4 heteroatoms. The van der Waals surface area contributed by atoms with Crippen LogP contribution in [0.1, 0.15) is 51.5 Å². The minimum atomic E-state index is 0.0578. The van der Waals surface area contributed by atoms with Crippen molar-refractivity contribution in [2.24, 2.45) is 0 Å². The maximum atomic E-state index is 12.7. The summed E-state index contributed by atoms with van der Waals surface area (Å²) < 4.78 is 0. The van der Waals surface area contributed by atoms with E-state index in [2.05, 4.69) is 18.7 Å². The molecule has 0 spiro atoms. The normalized spacial score (nSPS) is 16.9. The number of halogens is 1. The van der Waals surface area contributed by atoms with Gasteiger partial charge in [-0.2, -0.15) is 0 Å². The molecule has 0 saturated heterocycles. The highest BCUT2D eigenvalue weighted by molar-refractivity contribution is 6.32. The van der Waals surface area contributed by atoms with Crippen LogP contribution in [0.25, 0.3) is 0 Å². The van der Waals surface area contributed by atoms with Crippen LogP contribution in [-0.2, 0) is 11.2 Å². The molecule has 1 amide bonds. The van der Waals surface area contributed by atoms with Crippen molar-refractivity contribution in [3.8, 4) is 5.75 Å². The highest BCUT2D eigenvalue weighted by Gasteiger charge is 2.29. The van der Waals surface area contributed by atoms with Gasteiger partial charge < -0.3 is 10.0 Å². The van der Waals surface area contributed by atoms with Crippen molar-refractivity contribution in [3.63, 3.8) is 0 Å². The number of hydrogen-bond donors (Lipinski definition) is 1. The number of hydrogen-bond acceptors (Lipinski definition) is 2. The van der Waals surface area contributed by atoms with Gasteiger partial charge >= 0.3 is 0 Å². The van der Waals surface area contributed by atoms with Crippen LogP contribution in [0.3, 0.4) is 0 Å². The molecule has 0 aromatic heterocycles. The Balaban J connectivity index is 2.11. The van der Waals surface area contributed by atoms with Crippen molar-refractivity contribution in [2.45, 2.75) is 64.5 Å². The highest BCUT2D eigenvalue weighted by Crippen LogP contribution is 2.28. The SMILES string of the molecule is CC[C@H](C)N(C(=O)Cc1ccc(O)c(Cl)c1)C1CCCC1. The molecule has 0 radical (unpaired) electrons. The smallest absolute Gasteiger partial charge is 0.227 e. The summed E-state index contributed by atoms with van der Waals surface area (Å²) in [7, 11) is 0. The molecule has 1 aliphatic carbocycles. The summed E-state index contributed by atoms with van der Waals surface area (Å²) in [6.45, 7) is 4.25. The lowest BCUT2D eigenvalue weighted by Gasteiger charge is -2.34. The topological polar surface area (TPSA) is 40.5 Å². The van der Waals surface area contributed by atoms with Gasteiger partial charge in [-0.3, -0.25) is 4.79 Å². The molecule has 1 saturated carbocycles. The third kappa shape index (κ3) is 3.91. The number of phenolic OH excluding ortho intramolecular Hbond substituents is 1. The van der Waals surface area contributed by atoms with Crippen molar-refractivity contribution in [1.29, 1.82) is 0 Å². The Labute approximate surface area is 131 Å². The standard InChI is InChI=1S/C17H24ClNO2/c1-3-12(2)19(14-6-4-5-7-14)17(21)11-13-8-9-16(20)15(18)10-13/h8-10,12,14,20H,3-7,11H2,1-2H3/t12-/m0/s1. The van der Waals surface area contributed by atoms with Crippen molar-refractivity contribution in [1.82, 2.24) is 4.90 Å². The van der Waals surface area contributed by atoms with Crippen LogP contribution in [0.5, 0.6) is 5.75 Å². The zero-order valence-electron chi connectivity index (χ0n) is 12.8. The first-order valence-corrected chi connectivity index (χ1v) is 8.19. The van der Waals surface area contributed by atoms with Crippen LogP contribution in [0.2, 0.25) is 5.02 Å². The molecule has 0 heterocycles. The fraction of sp³-hybridized carbons (Fsp3) is 0.588. The van der Waals surface area contributed by atoms with Crippen molar-refractivity contribution in [3.05, 3.63) is 28.8 Å². The monoisotopic (exact) mass is 309 g/mol. The predicted octanol–water partition coefficient (Wildman–Crippen LogP) is 4.16. The zero-order valence-corrected chi connectivity index (χ0v) is 13.6. The van der Waals surface area contributed by atoms with E-state index in [0.717, 1.165) is 24.8 Å². The van der Waals surface area contributed by atoms with E-state index in [1.807, 2.05) is 0 Å². The molecule has 1 aliphatic rings. The molecule has 1 aromatic rings. The van der Waals surface area contributed by atoms with Gasteiger partial charge in [0.05, 0.1) is 11.4 Å². The largest absolute Gasteiger partial charge is 0.506 e. The Hall–Kier alpha value is -1.22. The number of nitrogens with zero attached hydrogens (tertiary/aromatic N) is 1. The summed E-state index contributed by atoms with van der Waals surface area (Å²) in [6, 6.07) is 5.66. The lowest BCUT2D eigenvalue weighted by atomic mass is 10.1. The lowest BCUT2D eigenvalue weighted by molar-refractivity contribution is -0.135. The predicted molar refractivity (Wildman–Crippen MR) is 85.7 cm³/mol. The first kappa shape index (κ1) is 16.2. The van der Waals surface area contributed by atoms with Crippen molar-refractivity contribution >= 4 is 17.5 Å². The van der Waals surface area contributed by atoms with Crippen LogP contribution in [0, 0.1) is 0 Å². The minimum absolute atomic E-state index is 0.0578. The number of amides is 1. The van der Waals surface area contributed by atoms with Crippen molar-refractivity contribution in [2.75, 3.05) is 0 Å². The minimum Gasteiger partial charge on any atom is -0.506 e. The molecule has 0 unspecified atom stereocenters. The highest BCUT2D eigenvalue weighted by atomic mass is 35.5. The molecule has 116 valence electrons. The summed E-state index contributed by atoms with van der Waals surface area (Å²) in [5, 5.41) is 9.76. The van der Waals surface area contributed by atoms with Crippen LogP contribution in [-0.4, -0.2) is 28.0 Å². The first-order valence-electron chi connectivity index (χ1n) is 7.81. The first-order chi connectivity index (χ1) is 10.0. The van der Waals surface area contributed by atoms with E-state index in [4.69, 9.17) is 11.6 Å². The summed E-state index contributed by atoms with van der Waals surface area (Å²) in [6.07, 6.45) is 5.99. The van der Waals surface area contributed by atoms with E-state index in [-0.39, 0.29) is 17.7 Å². The fourth-order valence-corrected chi connectivity index (χ4v) is 3.32. The molecule has 0 bridgehead atoms. The van der Waals surface area contributed by atoms with Gasteiger partial charge in [0.2, 0.25) is 5.91 Å². The van der Waals surface area contributed by atoms with Crippen LogP contribution in [0.15, 0.2) is 18.2 Å². The number of carbonyl (C=O) groups is 1. The zero-order chi connectivity index (χ0) is 15.4. The summed E-state index contributed by atoms with van der Waals surface area (Å²) >= 11 is 5.92. The Bertz CT molecular complexity index is 498. The average molecular weight is 310 g/mol. The second-order valence-electron chi connectivity index (χ2n) is 5.96. The third-order valence-corrected chi connectivity index (χ3v) is 4.74. The molecule has 1 N–H and O–H groups in total. The van der Waals surface area contributed by atoms with Crippen molar-refractivity contribution < 1.29 is 9.90 Å². The number of benzene rings is 1. The Morgan fingerprint density at radius 1 is 1.43 bits per heavy atom. The average Bonchev–Trinajstić information content (AvgIpc) is 2.96. The van der Waals surface area contributed by atoms with E-state index in [1.54, 1.807) is 18.2 Å². The maximum absolute atomic E-state index is 12.7. The van der Waals surface area contributed by atoms with Crippen LogP contribution >= 0.6 is 11.6 Å². The molecule has 1 fully saturated rings. The van der Waals surface area contributed by atoms with Gasteiger partial charge in [-0.25, -0.2) is 0 Å². The van der Waals surface area contributed by atoms with E-state index in [0.29, 0.717) is 17.5 Å². The number of carbonyl (C=O) groups excluding carboxylic acids is 1. The number of aromatic hydroxyl groups is 1. The summed E-state index contributed by atoms with van der Waals surface area (Å²) in [5.74, 6) is 0.223. The lowest BCUT2D eigenvalue weighted by Crippen LogP contribution is -2.45. The van der Waals surface area contributed by atoms with Gasteiger partial charge in [-0.15, -0.1) is 0 Å².